The van der Waals surface area contributed by atoms with Crippen molar-refractivity contribution in [2.24, 2.45) is 47.3 Å². The number of hydrogen-bond donors (Lipinski definition) is 0. The van der Waals surface area contributed by atoms with Crippen molar-refractivity contribution < 1.29 is 19.1 Å². The summed E-state index contributed by atoms with van der Waals surface area (Å²) < 4.78 is 10.00. The lowest BCUT2D eigenvalue weighted by molar-refractivity contribution is -0.148. The average molecular weight is 274 g/mol. The van der Waals surface area contributed by atoms with Gasteiger partial charge in [0.25, 0.3) is 0 Å². The van der Waals surface area contributed by atoms with Crippen molar-refractivity contribution in [2.75, 3.05) is 14.2 Å². The van der Waals surface area contributed by atoms with E-state index in [4.69, 9.17) is 9.47 Å². The Morgan fingerprint density at radius 1 is 0.700 bits per heavy atom. The first-order chi connectivity index (χ1) is 9.69. The molecule has 0 aromatic heterocycles. The molecule has 0 N–H and O–H groups in total. The summed E-state index contributed by atoms with van der Waals surface area (Å²) in [6.45, 7) is 0. The van der Waals surface area contributed by atoms with Crippen LogP contribution in [0, 0.1) is 47.3 Å². The van der Waals surface area contributed by atoms with Crippen molar-refractivity contribution >= 4 is 11.9 Å². The predicted molar refractivity (Wildman–Crippen MR) is 70.2 cm³/mol. The average Bonchev–Trinajstić information content (AvgIpc) is 3.15. The molecule has 0 heterocycles. The molecular formula is C16H18O4. The van der Waals surface area contributed by atoms with Gasteiger partial charge >= 0.3 is 11.9 Å². The highest BCUT2D eigenvalue weighted by Gasteiger charge is 2.67. The van der Waals surface area contributed by atoms with Crippen LogP contribution in [-0.4, -0.2) is 26.2 Å². The SMILES string of the molecule is COC(=O)C1[C@H]2C=C[C@@H]3C(C(=O)OC)[C@@H]4C=C[C@@H]1C4C23. The Morgan fingerprint density at radius 3 is 1.25 bits per heavy atom. The normalized spacial score (nSPS) is 49.5. The lowest BCUT2D eigenvalue weighted by Gasteiger charge is -2.21. The first-order valence-corrected chi connectivity index (χ1v) is 7.21. The topological polar surface area (TPSA) is 52.6 Å². The van der Waals surface area contributed by atoms with E-state index in [-0.39, 0.29) is 47.4 Å². The van der Waals surface area contributed by atoms with Crippen LogP contribution in [0.2, 0.25) is 0 Å². The van der Waals surface area contributed by atoms with E-state index in [1.165, 1.54) is 14.2 Å². The highest BCUT2D eigenvalue weighted by atomic mass is 16.5. The summed E-state index contributed by atoms with van der Waals surface area (Å²) in [6.07, 6.45) is 8.54. The minimum absolute atomic E-state index is 0.0731. The first-order valence-electron chi connectivity index (χ1n) is 7.21. The molecule has 0 amide bonds. The Hall–Kier alpha value is -1.58. The van der Waals surface area contributed by atoms with Gasteiger partial charge in [0.1, 0.15) is 0 Å². The van der Waals surface area contributed by atoms with Gasteiger partial charge < -0.3 is 9.47 Å². The van der Waals surface area contributed by atoms with Crippen LogP contribution in [0.3, 0.4) is 0 Å². The minimum Gasteiger partial charge on any atom is -0.469 e. The molecule has 0 radical (unpaired) electrons. The fourth-order valence-electron chi connectivity index (χ4n) is 5.42. The monoisotopic (exact) mass is 274 g/mol. The molecule has 0 aromatic carbocycles. The summed E-state index contributed by atoms with van der Waals surface area (Å²) in [5.74, 6) is 1.33. The molecular weight excluding hydrogens is 256 g/mol. The summed E-state index contributed by atoms with van der Waals surface area (Å²) in [6, 6.07) is 0. The highest BCUT2D eigenvalue weighted by Crippen LogP contribution is 2.67. The molecule has 4 nitrogen and oxygen atoms in total. The van der Waals surface area contributed by atoms with Gasteiger partial charge in [0, 0.05) is 0 Å². The number of ether oxygens (including phenoxy) is 2. The lowest BCUT2D eigenvalue weighted by Crippen LogP contribution is -2.29. The standard InChI is InChI=1S/C16H18O4/c1-19-15(17)13-7-3-5-9-11(7)12-8(13)4-6-10(12)14(9)16(18)20-2/h3-14H,1-2H3/t7-,8+,9-,10+,11?,12?,13?,14?. The van der Waals surface area contributed by atoms with E-state index < -0.39 is 0 Å². The Balaban J connectivity index is 1.74. The third-order valence-electron chi connectivity index (χ3n) is 5.94. The van der Waals surface area contributed by atoms with Crippen LogP contribution in [0.4, 0.5) is 0 Å². The number of esters is 2. The molecule has 4 aliphatic rings. The van der Waals surface area contributed by atoms with Gasteiger partial charge in [-0.1, -0.05) is 24.3 Å². The highest BCUT2D eigenvalue weighted by molar-refractivity contribution is 5.78. The van der Waals surface area contributed by atoms with E-state index in [1.807, 2.05) is 0 Å². The number of carbonyl (C=O) groups is 2. The summed E-state index contributed by atoms with van der Waals surface area (Å²) in [4.78, 5) is 24.2. The van der Waals surface area contributed by atoms with Gasteiger partial charge in [0.15, 0.2) is 0 Å². The molecule has 0 saturated heterocycles. The second-order valence-corrected chi connectivity index (χ2v) is 6.33. The number of hydrogen-bond acceptors (Lipinski definition) is 4. The van der Waals surface area contributed by atoms with E-state index in [2.05, 4.69) is 24.3 Å². The van der Waals surface area contributed by atoms with E-state index in [9.17, 15) is 9.59 Å². The van der Waals surface area contributed by atoms with Gasteiger partial charge in [-0.25, -0.2) is 0 Å². The fourth-order valence-corrected chi connectivity index (χ4v) is 5.42. The number of allylic oxidation sites excluding steroid dienone is 4. The number of carbonyl (C=O) groups excluding carboxylic acids is 2. The first kappa shape index (κ1) is 12.2. The maximum absolute atomic E-state index is 12.1. The van der Waals surface area contributed by atoms with E-state index in [0.717, 1.165) is 0 Å². The van der Waals surface area contributed by atoms with Gasteiger partial charge in [-0.2, -0.15) is 0 Å². The lowest BCUT2D eigenvalue weighted by atomic mass is 9.83. The smallest absolute Gasteiger partial charge is 0.309 e. The quantitative estimate of drug-likeness (QED) is 0.564. The maximum Gasteiger partial charge on any atom is 0.309 e. The molecule has 2 unspecified atom stereocenters. The molecule has 2 saturated carbocycles. The molecule has 0 spiro atoms. The van der Waals surface area contributed by atoms with Crippen molar-refractivity contribution in [1.29, 1.82) is 0 Å². The van der Waals surface area contributed by atoms with Crippen molar-refractivity contribution in [1.82, 2.24) is 0 Å². The zero-order valence-electron chi connectivity index (χ0n) is 11.6. The molecule has 6 atom stereocenters. The van der Waals surface area contributed by atoms with Gasteiger partial charge in [-0.05, 0) is 35.5 Å². The van der Waals surface area contributed by atoms with Crippen molar-refractivity contribution in [3.8, 4) is 0 Å². The summed E-state index contributed by atoms with van der Waals surface area (Å²) in [5.41, 5.74) is 0. The molecule has 106 valence electrons. The zero-order valence-corrected chi connectivity index (χ0v) is 11.6. The van der Waals surface area contributed by atoms with Crippen LogP contribution < -0.4 is 0 Å². The second-order valence-electron chi connectivity index (χ2n) is 6.33. The van der Waals surface area contributed by atoms with Crippen LogP contribution in [-0.2, 0) is 19.1 Å². The Morgan fingerprint density at radius 2 is 1.00 bits per heavy atom. The van der Waals surface area contributed by atoms with Crippen LogP contribution in [0.1, 0.15) is 0 Å². The molecule has 4 aliphatic carbocycles. The van der Waals surface area contributed by atoms with Crippen LogP contribution in [0.25, 0.3) is 0 Å². The predicted octanol–water partition coefficient (Wildman–Crippen LogP) is 1.43. The van der Waals surface area contributed by atoms with Gasteiger partial charge in [0.05, 0.1) is 26.1 Å². The molecule has 4 rings (SSSR count). The summed E-state index contributed by atoms with van der Waals surface area (Å²) in [7, 11) is 2.92. The molecule has 0 aromatic rings. The largest absolute Gasteiger partial charge is 0.469 e. The van der Waals surface area contributed by atoms with Crippen LogP contribution in [0.5, 0.6) is 0 Å². The molecule has 4 heteroatoms. The number of rotatable bonds is 2. The zero-order chi connectivity index (χ0) is 14.0. The Labute approximate surface area is 117 Å². The van der Waals surface area contributed by atoms with E-state index in [0.29, 0.717) is 11.8 Å². The molecule has 0 aliphatic heterocycles. The Kier molecular flexibility index (Phi) is 2.41. The molecule has 0 bridgehead atoms. The second kappa shape index (κ2) is 3.96. The third kappa shape index (κ3) is 1.23. The fraction of sp³-hybridized carbons (Fsp3) is 0.625. The Bertz CT molecular complexity index is 459. The summed E-state index contributed by atoms with van der Waals surface area (Å²) >= 11 is 0. The van der Waals surface area contributed by atoms with Crippen molar-refractivity contribution in [3.63, 3.8) is 0 Å². The van der Waals surface area contributed by atoms with Gasteiger partial charge in [-0.15, -0.1) is 0 Å². The van der Waals surface area contributed by atoms with Crippen LogP contribution >= 0.6 is 0 Å². The third-order valence-corrected chi connectivity index (χ3v) is 5.94. The van der Waals surface area contributed by atoms with Gasteiger partial charge in [0.2, 0.25) is 0 Å². The van der Waals surface area contributed by atoms with Gasteiger partial charge in [-0.3, -0.25) is 9.59 Å². The van der Waals surface area contributed by atoms with E-state index in [1.54, 1.807) is 0 Å². The minimum atomic E-state index is -0.111. The maximum atomic E-state index is 12.1. The van der Waals surface area contributed by atoms with Crippen molar-refractivity contribution in [3.05, 3.63) is 24.3 Å². The van der Waals surface area contributed by atoms with E-state index >= 15 is 0 Å². The van der Waals surface area contributed by atoms with Crippen molar-refractivity contribution in [2.45, 2.75) is 0 Å². The summed E-state index contributed by atoms with van der Waals surface area (Å²) in [5, 5.41) is 0. The molecule has 2 fully saturated rings. The molecule has 20 heavy (non-hydrogen) atoms. The van der Waals surface area contributed by atoms with Crippen LogP contribution in [0.15, 0.2) is 24.3 Å². The number of methoxy groups -OCH3 is 2.